The van der Waals surface area contributed by atoms with Crippen LogP contribution in [0.2, 0.25) is 0 Å². The normalized spacial score (nSPS) is 31.6. The number of piperidine rings is 1. The highest BCUT2D eigenvalue weighted by Gasteiger charge is 2.54. The summed E-state index contributed by atoms with van der Waals surface area (Å²) in [7, 11) is 0. The van der Waals surface area contributed by atoms with Gasteiger partial charge in [0.1, 0.15) is 11.8 Å². The minimum Gasteiger partial charge on any atom is -0.370 e. The van der Waals surface area contributed by atoms with Crippen LogP contribution in [0, 0.1) is 17.2 Å². The van der Waals surface area contributed by atoms with Gasteiger partial charge in [-0.3, -0.25) is 9.69 Å². The van der Waals surface area contributed by atoms with Gasteiger partial charge >= 0.3 is 0 Å². The number of carbonyl (C=O) groups excluding carboxylic acids is 1. The molecule has 1 amide bonds. The summed E-state index contributed by atoms with van der Waals surface area (Å²) in [5.41, 5.74) is 9.18. The molecule has 0 bridgehead atoms. The van der Waals surface area contributed by atoms with Crippen LogP contribution in [0.4, 0.5) is 5.69 Å². The van der Waals surface area contributed by atoms with Crippen molar-refractivity contribution in [1.82, 2.24) is 4.90 Å². The van der Waals surface area contributed by atoms with Crippen molar-refractivity contribution < 1.29 is 4.79 Å². The molecule has 2 unspecified atom stereocenters. The molecular formula is C22H26N4O. The third kappa shape index (κ3) is 2.62. The van der Waals surface area contributed by atoms with Crippen LogP contribution in [-0.4, -0.2) is 35.7 Å². The number of amides is 1. The summed E-state index contributed by atoms with van der Waals surface area (Å²) in [4.78, 5) is 19.0. The van der Waals surface area contributed by atoms with Crippen molar-refractivity contribution in [3.63, 3.8) is 0 Å². The van der Waals surface area contributed by atoms with E-state index in [1.807, 2.05) is 6.07 Å². The fourth-order valence-corrected chi connectivity index (χ4v) is 5.82. The van der Waals surface area contributed by atoms with Gasteiger partial charge in [-0.25, -0.2) is 4.99 Å². The zero-order valence-electron chi connectivity index (χ0n) is 15.7. The third-order valence-corrected chi connectivity index (χ3v) is 7.18. The van der Waals surface area contributed by atoms with Gasteiger partial charge in [-0.05, 0) is 74.1 Å². The lowest BCUT2D eigenvalue weighted by Crippen LogP contribution is -2.53. The van der Waals surface area contributed by atoms with E-state index in [0.29, 0.717) is 30.5 Å². The number of primary amides is 1. The minimum absolute atomic E-state index is 0.298. The van der Waals surface area contributed by atoms with Gasteiger partial charge < -0.3 is 5.73 Å². The molecule has 1 saturated heterocycles. The quantitative estimate of drug-likeness (QED) is 0.873. The van der Waals surface area contributed by atoms with Crippen molar-refractivity contribution >= 4 is 17.3 Å². The van der Waals surface area contributed by atoms with Gasteiger partial charge in [0.25, 0.3) is 0 Å². The molecule has 1 aromatic rings. The highest BCUT2D eigenvalue weighted by atomic mass is 16.1. The van der Waals surface area contributed by atoms with Crippen LogP contribution in [0.1, 0.15) is 62.0 Å². The Morgan fingerprint density at radius 3 is 2.96 bits per heavy atom. The molecule has 5 nitrogen and oxygen atoms in total. The van der Waals surface area contributed by atoms with E-state index in [1.165, 1.54) is 43.4 Å². The fraction of sp³-hybridized carbons (Fsp3) is 0.591. The zero-order chi connectivity index (χ0) is 18.6. The number of benzene rings is 1. The first-order valence-corrected chi connectivity index (χ1v) is 10.3. The van der Waals surface area contributed by atoms with Crippen LogP contribution < -0.4 is 5.73 Å². The second-order valence-corrected chi connectivity index (χ2v) is 8.82. The summed E-state index contributed by atoms with van der Waals surface area (Å²) < 4.78 is 0. The van der Waals surface area contributed by atoms with E-state index in [9.17, 15) is 10.1 Å². The van der Waals surface area contributed by atoms with Gasteiger partial charge in [0, 0.05) is 19.0 Å². The standard InChI is InChI=1S/C22H26N4O/c23-12-19-22(9-8-20(24)27)11-18-15(4-2-10-26(18)13-14-6-7-14)16-3-1-5-17(25-19)21(16)22/h1,3,5,14-15,18H,2,4,6-11,13H2,(H2,24,27)/t15?,18-,22?/m1/s1. The summed E-state index contributed by atoms with van der Waals surface area (Å²) >= 11 is 0. The van der Waals surface area contributed by atoms with E-state index in [2.05, 4.69) is 23.1 Å². The number of nitriles is 1. The molecule has 2 heterocycles. The molecular weight excluding hydrogens is 336 g/mol. The summed E-state index contributed by atoms with van der Waals surface area (Å²) in [6.07, 6.45) is 6.94. The predicted molar refractivity (Wildman–Crippen MR) is 104 cm³/mol. The van der Waals surface area contributed by atoms with Crippen molar-refractivity contribution in [2.45, 2.75) is 62.3 Å². The number of aliphatic imine (C=N–C) groups is 1. The number of nitrogens with zero attached hydrogens (tertiary/aromatic N) is 3. The van der Waals surface area contributed by atoms with Gasteiger partial charge in [-0.1, -0.05) is 12.1 Å². The predicted octanol–water partition coefficient (Wildman–Crippen LogP) is 3.16. The molecule has 2 aliphatic heterocycles. The zero-order valence-corrected chi connectivity index (χ0v) is 15.7. The number of hydrogen-bond donors (Lipinski definition) is 1. The van der Waals surface area contributed by atoms with Gasteiger partial charge in [-0.2, -0.15) is 5.26 Å². The molecule has 4 aliphatic rings. The van der Waals surface area contributed by atoms with Gasteiger partial charge in [0.15, 0.2) is 0 Å². The first-order chi connectivity index (χ1) is 13.1. The second-order valence-electron chi connectivity index (χ2n) is 8.82. The molecule has 0 spiro atoms. The maximum absolute atomic E-state index is 11.6. The number of likely N-dealkylation sites (tertiary alicyclic amines) is 1. The average Bonchev–Trinajstić information content (AvgIpc) is 3.43. The van der Waals surface area contributed by atoms with Crippen molar-refractivity contribution in [1.29, 1.82) is 5.26 Å². The monoisotopic (exact) mass is 362 g/mol. The van der Waals surface area contributed by atoms with E-state index >= 15 is 0 Å². The lowest BCUT2D eigenvalue weighted by atomic mass is 9.59. The summed E-state index contributed by atoms with van der Waals surface area (Å²) in [5, 5.41) is 9.89. The molecule has 5 rings (SSSR count). The van der Waals surface area contributed by atoms with Crippen molar-refractivity contribution in [3.05, 3.63) is 29.3 Å². The van der Waals surface area contributed by atoms with E-state index in [0.717, 1.165) is 24.6 Å². The Balaban J connectivity index is 1.61. The third-order valence-electron chi connectivity index (χ3n) is 7.18. The van der Waals surface area contributed by atoms with Gasteiger partial charge in [0.05, 0.1) is 11.1 Å². The van der Waals surface area contributed by atoms with E-state index in [4.69, 9.17) is 10.7 Å². The molecule has 5 heteroatoms. The van der Waals surface area contributed by atoms with Gasteiger partial charge in [0.2, 0.25) is 5.91 Å². The molecule has 2 aliphatic carbocycles. The molecule has 1 saturated carbocycles. The molecule has 2 fully saturated rings. The maximum atomic E-state index is 11.6. The summed E-state index contributed by atoms with van der Waals surface area (Å²) in [5.74, 6) is 1.07. The van der Waals surface area contributed by atoms with E-state index in [1.54, 1.807) is 0 Å². The Kier molecular flexibility index (Phi) is 3.87. The molecule has 140 valence electrons. The Morgan fingerprint density at radius 2 is 2.22 bits per heavy atom. The van der Waals surface area contributed by atoms with Crippen LogP contribution in [0.3, 0.4) is 0 Å². The van der Waals surface area contributed by atoms with Crippen LogP contribution in [-0.2, 0) is 10.2 Å². The average molecular weight is 362 g/mol. The van der Waals surface area contributed by atoms with Crippen LogP contribution in [0.25, 0.3) is 0 Å². The van der Waals surface area contributed by atoms with Gasteiger partial charge in [-0.15, -0.1) is 0 Å². The summed E-state index contributed by atoms with van der Waals surface area (Å²) in [6, 6.07) is 9.16. The summed E-state index contributed by atoms with van der Waals surface area (Å²) in [6.45, 7) is 2.33. The highest BCUT2D eigenvalue weighted by Crippen LogP contribution is 2.56. The lowest BCUT2D eigenvalue weighted by molar-refractivity contribution is -0.118. The lowest BCUT2D eigenvalue weighted by Gasteiger charge is -2.50. The fourth-order valence-electron chi connectivity index (χ4n) is 5.82. The maximum Gasteiger partial charge on any atom is 0.217 e. The van der Waals surface area contributed by atoms with Crippen LogP contribution in [0.5, 0.6) is 0 Å². The first-order valence-electron chi connectivity index (χ1n) is 10.3. The van der Waals surface area contributed by atoms with E-state index in [-0.39, 0.29) is 5.91 Å². The Hall–Kier alpha value is -2.19. The molecule has 0 radical (unpaired) electrons. The Bertz CT molecular complexity index is 866. The number of fused-ring (bicyclic) bond motifs is 2. The Morgan fingerprint density at radius 1 is 1.37 bits per heavy atom. The second kappa shape index (κ2) is 6.17. The SMILES string of the molecule is N#CC1=Nc2cccc3c2C1(CCC(N)=O)C[C@@H]1C3CCCN1CC1CC1. The number of hydrogen-bond acceptors (Lipinski definition) is 4. The Labute approximate surface area is 160 Å². The van der Waals surface area contributed by atoms with Crippen molar-refractivity contribution in [2.24, 2.45) is 16.6 Å². The molecule has 27 heavy (non-hydrogen) atoms. The minimum atomic E-state index is -0.435. The van der Waals surface area contributed by atoms with Crippen LogP contribution >= 0.6 is 0 Å². The number of rotatable bonds is 5. The molecule has 2 N–H and O–H groups in total. The largest absolute Gasteiger partial charge is 0.370 e. The van der Waals surface area contributed by atoms with Crippen molar-refractivity contribution in [3.8, 4) is 6.07 Å². The number of carbonyl (C=O) groups is 1. The first kappa shape index (κ1) is 16.9. The smallest absolute Gasteiger partial charge is 0.217 e. The topological polar surface area (TPSA) is 82.5 Å². The molecule has 3 atom stereocenters. The van der Waals surface area contributed by atoms with E-state index < -0.39 is 5.41 Å². The molecule has 0 aromatic heterocycles. The number of nitrogens with two attached hydrogens (primary N) is 1. The molecule has 1 aromatic carbocycles. The van der Waals surface area contributed by atoms with Crippen molar-refractivity contribution in [2.75, 3.05) is 13.1 Å². The highest BCUT2D eigenvalue weighted by molar-refractivity contribution is 6.12. The van der Waals surface area contributed by atoms with Crippen LogP contribution in [0.15, 0.2) is 23.2 Å².